The van der Waals surface area contributed by atoms with Gasteiger partial charge in [-0.25, -0.2) is 0 Å². The molecule has 1 aliphatic heterocycles. The average Bonchev–Trinajstić information content (AvgIpc) is 1.99. The van der Waals surface area contributed by atoms with Gasteiger partial charge in [-0.05, 0) is 0 Å². The van der Waals surface area contributed by atoms with Gasteiger partial charge >= 0.3 is 0 Å². The average molecular weight is 127 g/mol. The van der Waals surface area contributed by atoms with E-state index in [4.69, 9.17) is 0 Å². The lowest BCUT2D eigenvalue weighted by Crippen LogP contribution is -2.27. The Labute approximate surface area is 55.0 Å². The molecule has 0 unspecified atom stereocenters. The van der Waals surface area contributed by atoms with Crippen LogP contribution in [0.15, 0.2) is 0 Å². The predicted molar refractivity (Wildman–Crippen MR) is 34.8 cm³/mol. The van der Waals surface area contributed by atoms with Crippen molar-refractivity contribution in [1.29, 1.82) is 0 Å². The molecule has 1 amide bonds. The van der Waals surface area contributed by atoms with Gasteiger partial charge in [0.1, 0.15) is 0 Å². The molecule has 3 heteroatoms. The van der Waals surface area contributed by atoms with E-state index in [0.717, 1.165) is 13.1 Å². The van der Waals surface area contributed by atoms with Gasteiger partial charge in [0.05, 0.1) is 6.42 Å². The molecular formula is C6H11N2O. The summed E-state index contributed by atoms with van der Waals surface area (Å²) in [4.78, 5) is 12.6. The third-order valence-corrected chi connectivity index (χ3v) is 1.42. The Balaban J connectivity index is 2.41. The molecule has 0 aromatic rings. The summed E-state index contributed by atoms with van der Waals surface area (Å²) >= 11 is 0. The summed E-state index contributed by atoms with van der Waals surface area (Å²) in [6, 6.07) is 0. The number of hydrogen-bond donors (Lipinski definition) is 1. The third-order valence-electron chi connectivity index (χ3n) is 1.42. The smallest absolute Gasteiger partial charge is 0.227 e. The number of nitrogens with zero attached hydrogens (tertiary/aromatic N) is 1. The molecule has 0 saturated carbocycles. The van der Waals surface area contributed by atoms with E-state index >= 15 is 0 Å². The van der Waals surface area contributed by atoms with E-state index in [1.165, 1.54) is 0 Å². The molecule has 0 aromatic heterocycles. The van der Waals surface area contributed by atoms with Crippen molar-refractivity contribution < 1.29 is 4.79 Å². The highest BCUT2D eigenvalue weighted by atomic mass is 16.2. The minimum atomic E-state index is 0.125. The first-order valence-electron chi connectivity index (χ1n) is 3.10. The lowest BCUT2D eigenvalue weighted by Gasteiger charge is -2.11. The first-order chi connectivity index (χ1) is 4.30. The van der Waals surface area contributed by atoms with Gasteiger partial charge in [0, 0.05) is 26.7 Å². The highest BCUT2D eigenvalue weighted by Crippen LogP contribution is 1.90. The molecule has 1 saturated heterocycles. The first-order valence-corrected chi connectivity index (χ1v) is 3.10. The zero-order valence-corrected chi connectivity index (χ0v) is 5.55. The second-order valence-electron chi connectivity index (χ2n) is 2.17. The van der Waals surface area contributed by atoms with E-state index in [9.17, 15) is 4.79 Å². The Morgan fingerprint density at radius 3 is 3.33 bits per heavy atom. The lowest BCUT2D eigenvalue weighted by atomic mass is 10.4. The highest BCUT2D eigenvalue weighted by Gasteiger charge is 2.10. The SMILES string of the molecule is CN1CCNC[CH]C1=O. The van der Waals surface area contributed by atoms with Crippen molar-refractivity contribution in [3.63, 3.8) is 0 Å². The number of carbonyl (C=O) groups is 1. The Morgan fingerprint density at radius 1 is 1.78 bits per heavy atom. The molecule has 0 aliphatic carbocycles. The van der Waals surface area contributed by atoms with Gasteiger partial charge in [-0.3, -0.25) is 4.79 Å². The van der Waals surface area contributed by atoms with Crippen LogP contribution in [0.1, 0.15) is 0 Å². The van der Waals surface area contributed by atoms with E-state index < -0.39 is 0 Å². The Kier molecular flexibility index (Phi) is 2.05. The van der Waals surface area contributed by atoms with Crippen LogP contribution in [0, 0.1) is 6.42 Å². The quantitative estimate of drug-likeness (QED) is 0.464. The zero-order valence-electron chi connectivity index (χ0n) is 5.55. The van der Waals surface area contributed by atoms with Crippen LogP contribution in [-0.2, 0) is 4.79 Å². The second-order valence-corrected chi connectivity index (χ2v) is 2.17. The Morgan fingerprint density at radius 2 is 2.56 bits per heavy atom. The summed E-state index contributed by atoms with van der Waals surface area (Å²) < 4.78 is 0. The van der Waals surface area contributed by atoms with Crippen LogP contribution >= 0.6 is 0 Å². The zero-order chi connectivity index (χ0) is 6.69. The van der Waals surface area contributed by atoms with Crippen LogP contribution in [0.2, 0.25) is 0 Å². The van der Waals surface area contributed by atoms with Gasteiger partial charge in [-0.2, -0.15) is 0 Å². The second kappa shape index (κ2) is 2.82. The predicted octanol–water partition coefficient (Wildman–Crippen LogP) is -0.748. The monoisotopic (exact) mass is 127 g/mol. The number of rotatable bonds is 0. The minimum Gasteiger partial charge on any atom is -0.344 e. The van der Waals surface area contributed by atoms with Gasteiger partial charge in [0.25, 0.3) is 0 Å². The fourth-order valence-electron chi connectivity index (χ4n) is 0.774. The maximum Gasteiger partial charge on any atom is 0.227 e. The molecule has 1 heterocycles. The largest absolute Gasteiger partial charge is 0.344 e. The fraction of sp³-hybridized carbons (Fsp3) is 0.667. The van der Waals surface area contributed by atoms with Crippen LogP contribution in [0.3, 0.4) is 0 Å². The van der Waals surface area contributed by atoms with Crippen molar-refractivity contribution in [3.8, 4) is 0 Å². The number of hydrogen-bond acceptors (Lipinski definition) is 2. The standard InChI is InChI=1S/C6H11N2O/c1-8-5-4-7-3-2-6(8)9/h2,7H,3-5H2,1H3. The van der Waals surface area contributed by atoms with Crippen molar-refractivity contribution in [2.75, 3.05) is 26.7 Å². The third kappa shape index (κ3) is 1.68. The molecular weight excluding hydrogens is 116 g/mol. The summed E-state index contributed by atoms with van der Waals surface area (Å²) in [5.41, 5.74) is 0. The van der Waals surface area contributed by atoms with E-state index in [2.05, 4.69) is 5.32 Å². The summed E-state index contributed by atoms with van der Waals surface area (Å²) in [6.45, 7) is 2.43. The van der Waals surface area contributed by atoms with Crippen molar-refractivity contribution in [2.45, 2.75) is 0 Å². The van der Waals surface area contributed by atoms with Crippen LogP contribution in [0.4, 0.5) is 0 Å². The van der Waals surface area contributed by atoms with Crippen molar-refractivity contribution >= 4 is 5.91 Å². The molecule has 1 aliphatic rings. The van der Waals surface area contributed by atoms with E-state index in [1.54, 1.807) is 11.3 Å². The Bertz CT molecular complexity index is 114. The molecule has 1 radical (unpaired) electrons. The van der Waals surface area contributed by atoms with Crippen LogP contribution < -0.4 is 5.32 Å². The van der Waals surface area contributed by atoms with Crippen molar-refractivity contribution in [1.82, 2.24) is 10.2 Å². The molecule has 0 atom stereocenters. The maximum absolute atomic E-state index is 10.8. The maximum atomic E-state index is 10.8. The van der Waals surface area contributed by atoms with Gasteiger partial charge in [-0.15, -0.1) is 0 Å². The molecule has 51 valence electrons. The number of carbonyl (C=O) groups excluding carboxylic acids is 1. The molecule has 9 heavy (non-hydrogen) atoms. The van der Waals surface area contributed by atoms with Gasteiger partial charge < -0.3 is 10.2 Å². The fourth-order valence-corrected chi connectivity index (χ4v) is 0.774. The van der Waals surface area contributed by atoms with Crippen molar-refractivity contribution in [2.24, 2.45) is 0 Å². The highest BCUT2D eigenvalue weighted by molar-refractivity contribution is 5.85. The number of likely N-dealkylation sites (N-methyl/N-ethyl adjacent to an activating group) is 1. The molecule has 0 bridgehead atoms. The van der Waals surface area contributed by atoms with Crippen LogP contribution in [0.25, 0.3) is 0 Å². The molecule has 0 aromatic carbocycles. The van der Waals surface area contributed by atoms with E-state index in [-0.39, 0.29) is 5.91 Å². The number of amides is 1. The molecule has 1 rings (SSSR count). The minimum absolute atomic E-state index is 0.125. The Hall–Kier alpha value is -0.570. The van der Waals surface area contributed by atoms with Gasteiger partial charge in [0.2, 0.25) is 5.91 Å². The number of nitrogens with one attached hydrogen (secondary N) is 1. The van der Waals surface area contributed by atoms with Crippen molar-refractivity contribution in [3.05, 3.63) is 6.42 Å². The lowest BCUT2D eigenvalue weighted by molar-refractivity contribution is -0.125. The first kappa shape index (κ1) is 6.55. The molecule has 1 fully saturated rings. The molecule has 1 N–H and O–H groups in total. The summed E-state index contributed by atoms with van der Waals surface area (Å²) in [5, 5.41) is 3.09. The molecule has 0 spiro atoms. The normalized spacial score (nSPS) is 21.9. The van der Waals surface area contributed by atoms with Gasteiger partial charge in [-0.1, -0.05) is 0 Å². The topological polar surface area (TPSA) is 32.3 Å². The summed E-state index contributed by atoms with van der Waals surface area (Å²) in [5.74, 6) is 0.125. The summed E-state index contributed by atoms with van der Waals surface area (Å²) in [6.07, 6.45) is 1.66. The molecule has 3 nitrogen and oxygen atoms in total. The van der Waals surface area contributed by atoms with Gasteiger partial charge in [0.15, 0.2) is 0 Å². The van der Waals surface area contributed by atoms with E-state index in [0.29, 0.717) is 6.54 Å². The van der Waals surface area contributed by atoms with E-state index in [1.807, 2.05) is 7.05 Å². The summed E-state index contributed by atoms with van der Waals surface area (Å²) in [7, 11) is 1.81. The van der Waals surface area contributed by atoms with Crippen LogP contribution in [-0.4, -0.2) is 37.5 Å². The van der Waals surface area contributed by atoms with Crippen LogP contribution in [0.5, 0.6) is 0 Å².